The van der Waals surface area contributed by atoms with E-state index in [2.05, 4.69) is 19.1 Å². The number of carbonyl (C=O) groups excluding carboxylic acids is 1. The topological polar surface area (TPSA) is 26.3 Å². The van der Waals surface area contributed by atoms with E-state index in [1.54, 1.807) is 0 Å². The molecule has 0 heterocycles. The summed E-state index contributed by atoms with van der Waals surface area (Å²) < 4.78 is 4.93. The summed E-state index contributed by atoms with van der Waals surface area (Å²) in [5.74, 6) is -0.0368. The van der Waals surface area contributed by atoms with Crippen LogP contribution in [0.2, 0.25) is 0 Å². The molecule has 0 amide bonds. The normalized spacial score (nSPS) is 11.2. The van der Waals surface area contributed by atoms with E-state index in [4.69, 9.17) is 4.74 Å². The van der Waals surface area contributed by atoms with Crippen LogP contribution in [0.3, 0.4) is 0 Å². The van der Waals surface area contributed by atoms with Gasteiger partial charge in [-0.1, -0.05) is 83.3 Å². The zero-order valence-corrected chi connectivity index (χ0v) is 16.5. The molecule has 0 aliphatic carbocycles. The minimum Gasteiger partial charge on any atom is -0.466 e. The van der Waals surface area contributed by atoms with Crippen molar-refractivity contribution in [2.75, 3.05) is 6.61 Å². The molecule has 0 saturated carbocycles. The first-order chi connectivity index (χ1) is 11.8. The smallest absolute Gasteiger partial charge is 0.305 e. The van der Waals surface area contributed by atoms with Gasteiger partial charge in [0.15, 0.2) is 0 Å². The number of rotatable bonds is 18. The summed E-state index contributed by atoms with van der Waals surface area (Å²) in [5.41, 5.74) is 0. The minimum absolute atomic E-state index is 0.0368. The average Bonchev–Trinajstić information content (AvgIpc) is 2.58. The number of carbonyl (C=O) groups is 1. The number of esters is 1. The van der Waals surface area contributed by atoms with Gasteiger partial charge in [0.25, 0.3) is 0 Å². The molecule has 0 aromatic heterocycles. The fraction of sp³-hybridized carbons (Fsp3) is 0.864. The van der Waals surface area contributed by atoms with Crippen molar-refractivity contribution < 1.29 is 9.53 Å². The van der Waals surface area contributed by atoms with Crippen LogP contribution in [-0.4, -0.2) is 12.6 Å². The summed E-state index contributed by atoms with van der Waals surface area (Å²) in [6, 6.07) is 0. The van der Waals surface area contributed by atoms with Crippen LogP contribution in [0, 0.1) is 0 Å². The summed E-state index contributed by atoms with van der Waals surface area (Å²) >= 11 is 0. The lowest BCUT2D eigenvalue weighted by Crippen LogP contribution is -2.03. The van der Waals surface area contributed by atoms with Gasteiger partial charge in [-0.05, 0) is 39.0 Å². The van der Waals surface area contributed by atoms with Crippen LogP contribution in [0.4, 0.5) is 0 Å². The second-order valence-electron chi connectivity index (χ2n) is 6.85. The van der Waals surface area contributed by atoms with Crippen molar-refractivity contribution in [2.45, 2.75) is 117 Å². The first-order valence-electron chi connectivity index (χ1n) is 10.6. The second-order valence-corrected chi connectivity index (χ2v) is 6.85. The first-order valence-corrected chi connectivity index (χ1v) is 10.6. The van der Waals surface area contributed by atoms with Gasteiger partial charge in [0.05, 0.1) is 6.61 Å². The van der Waals surface area contributed by atoms with E-state index in [1.165, 1.54) is 83.5 Å². The molecule has 2 heteroatoms. The van der Waals surface area contributed by atoms with Crippen LogP contribution in [-0.2, 0) is 9.53 Å². The predicted molar refractivity (Wildman–Crippen MR) is 105 cm³/mol. The Kier molecular flexibility index (Phi) is 19.6. The monoisotopic (exact) mass is 338 g/mol. The van der Waals surface area contributed by atoms with Crippen LogP contribution in [0.15, 0.2) is 12.2 Å². The van der Waals surface area contributed by atoms with Gasteiger partial charge < -0.3 is 4.74 Å². The van der Waals surface area contributed by atoms with Crippen LogP contribution < -0.4 is 0 Å². The third kappa shape index (κ3) is 19.3. The second kappa shape index (κ2) is 20.3. The molecular weight excluding hydrogens is 296 g/mol. The maximum atomic E-state index is 11.2. The molecule has 0 aromatic carbocycles. The third-order valence-electron chi connectivity index (χ3n) is 4.45. The standard InChI is InChI=1S/C22H42O2/c1-3-5-6-7-8-9-10-11-12-13-14-15-16-17-18-19-20-21-22(23)24-4-2/h11-12H,3-10,13-21H2,1-2H3/b12-11-. The summed E-state index contributed by atoms with van der Waals surface area (Å²) in [7, 11) is 0. The highest BCUT2D eigenvalue weighted by Crippen LogP contribution is 2.11. The van der Waals surface area contributed by atoms with Crippen molar-refractivity contribution >= 4 is 5.97 Å². The largest absolute Gasteiger partial charge is 0.466 e. The molecule has 0 aromatic rings. The van der Waals surface area contributed by atoms with Gasteiger partial charge in [-0.3, -0.25) is 4.79 Å². The highest BCUT2D eigenvalue weighted by atomic mass is 16.5. The van der Waals surface area contributed by atoms with E-state index in [9.17, 15) is 4.79 Å². The van der Waals surface area contributed by atoms with Gasteiger partial charge >= 0.3 is 5.97 Å². The number of unbranched alkanes of at least 4 members (excludes halogenated alkanes) is 13. The average molecular weight is 339 g/mol. The van der Waals surface area contributed by atoms with Gasteiger partial charge in [0, 0.05) is 6.42 Å². The summed E-state index contributed by atoms with van der Waals surface area (Å²) in [6.07, 6.45) is 25.0. The van der Waals surface area contributed by atoms with Crippen molar-refractivity contribution in [1.82, 2.24) is 0 Å². The van der Waals surface area contributed by atoms with Crippen LogP contribution in [0.5, 0.6) is 0 Å². The van der Waals surface area contributed by atoms with E-state index < -0.39 is 0 Å². The van der Waals surface area contributed by atoms with Gasteiger partial charge in [0.1, 0.15) is 0 Å². The Morgan fingerprint density at radius 1 is 0.667 bits per heavy atom. The van der Waals surface area contributed by atoms with Crippen LogP contribution in [0.1, 0.15) is 117 Å². The number of ether oxygens (including phenoxy) is 1. The van der Waals surface area contributed by atoms with E-state index in [1.807, 2.05) is 6.92 Å². The summed E-state index contributed by atoms with van der Waals surface area (Å²) in [5, 5.41) is 0. The van der Waals surface area contributed by atoms with Gasteiger partial charge in [-0.2, -0.15) is 0 Å². The molecular formula is C22H42O2. The fourth-order valence-corrected chi connectivity index (χ4v) is 2.93. The van der Waals surface area contributed by atoms with E-state index in [0.717, 1.165) is 12.8 Å². The zero-order chi connectivity index (χ0) is 17.7. The van der Waals surface area contributed by atoms with Crippen molar-refractivity contribution in [3.63, 3.8) is 0 Å². The molecule has 0 atom stereocenters. The quantitative estimate of drug-likeness (QED) is 0.148. The Morgan fingerprint density at radius 2 is 1.12 bits per heavy atom. The van der Waals surface area contributed by atoms with E-state index in [0.29, 0.717) is 13.0 Å². The van der Waals surface area contributed by atoms with E-state index >= 15 is 0 Å². The first kappa shape index (κ1) is 23.2. The Labute approximate surface area is 151 Å². The molecule has 24 heavy (non-hydrogen) atoms. The lowest BCUT2D eigenvalue weighted by molar-refractivity contribution is -0.143. The van der Waals surface area contributed by atoms with Crippen LogP contribution in [0.25, 0.3) is 0 Å². The molecule has 0 fully saturated rings. The van der Waals surface area contributed by atoms with Crippen LogP contribution >= 0.6 is 0 Å². The van der Waals surface area contributed by atoms with E-state index in [-0.39, 0.29) is 5.97 Å². The SMILES string of the molecule is CCCCCCCC/C=C\CCCCCCCCCC(=O)OCC. The third-order valence-corrected chi connectivity index (χ3v) is 4.45. The number of hydrogen-bond donors (Lipinski definition) is 0. The predicted octanol–water partition coefficient (Wildman–Crippen LogP) is 7.37. The molecule has 142 valence electrons. The fourth-order valence-electron chi connectivity index (χ4n) is 2.93. The molecule has 0 unspecified atom stereocenters. The summed E-state index contributed by atoms with van der Waals surface area (Å²) in [4.78, 5) is 11.2. The molecule has 0 rings (SSSR count). The zero-order valence-electron chi connectivity index (χ0n) is 16.5. The summed E-state index contributed by atoms with van der Waals surface area (Å²) in [6.45, 7) is 4.64. The van der Waals surface area contributed by atoms with Crippen molar-refractivity contribution in [1.29, 1.82) is 0 Å². The maximum absolute atomic E-state index is 11.2. The Balaban J connectivity index is 3.11. The molecule has 0 aliphatic rings. The lowest BCUT2D eigenvalue weighted by atomic mass is 10.1. The Hall–Kier alpha value is -0.790. The van der Waals surface area contributed by atoms with Crippen molar-refractivity contribution in [2.24, 2.45) is 0 Å². The minimum atomic E-state index is -0.0368. The van der Waals surface area contributed by atoms with Gasteiger partial charge in [0.2, 0.25) is 0 Å². The molecule has 2 nitrogen and oxygen atoms in total. The highest BCUT2D eigenvalue weighted by molar-refractivity contribution is 5.69. The molecule has 0 bridgehead atoms. The van der Waals surface area contributed by atoms with Gasteiger partial charge in [-0.25, -0.2) is 0 Å². The molecule has 0 radical (unpaired) electrons. The lowest BCUT2D eigenvalue weighted by Gasteiger charge is -2.02. The molecule has 0 spiro atoms. The van der Waals surface area contributed by atoms with Gasteiger partial charge in [-0.15, -0.1) is 0 Å². The van der Waals surface area contributed by atoms with Crippen molar-refractivity contribution in [3.8, 4) is 0 Å². The number of allylic oxidation sites excluding steroid dienone is 2. The maximum Gasteiger partial charge on any atom is 0.305 e. The number of hydrogen-bond acceptors (Lipinski definition) is 2. The van der Waals surface area contributed by atoms with Crippen molar-refractivity contribution in [3.05, 3.63) is 12.2 Å². The molecule has 0 saturated heterocycles. The Bertz CT molecular complexity index is 284. The highest BCUT2D eigenvalue weighted by Gasteiger charge is 2.00. The molecule has 0 N–H and O–H groups in total. The molecule has 0 aliphatic heterocycles. The Morgan fingerprint density at radius 3 is 1.62 bits per heavy atom.